The zero-order chi connectivity index (χ0) is 12.1. The molecule has 1 aromatic carbocycles. The summed E-state index contributed by atoms with van der Waals surface area (Å²) in [4.78, 5) is 0. The lowest BCUT2D eigenvalue weighted by molar-refractivity contribution is 0.403. The molecule has 1 atom stereocenters. The third-order valence-corrected chi connectivity index (χ3v) is 2.38. The fourth-order valence-corrected chi connectivity index (χ4v) is 1.52. The summed E-state index contributed by atoms with van der Waals surface area (Å²) in [7, 11) is 1.35. The van der Waals surface area contributed by atoms with Gasteiger partial charge in [-0.2, -0.15) is 0 Å². The Labute approximate surface area is 106 Å². The molecule has 1 rings (SSSR count). The summed E-state index contributed by atoms with van der Waals surface area (Å²) in [5.41, 5.74) is 10.9. The first-order chi connectivity index (χ1) is 7.60. The molecule has 0 saturated carbocycles. The molecule has 0 amide bonds. The molecule has 17 heavy (non-hydrogen) atoms. The van der Waals surface area contributed by atoms with E-state index in [0.717, 1.165) is 12.1 Å². The molecule has 4 N–H and O–H groups in total. The van der Waals surface area contributed by atoms with Gasteiger partial charge in [0.1, 0.15) is 17.4 Å². The van der Waals surface area contributed by atoms with Crippen molar-refractivity contribution in [2.45, 2.75) is 18.9 Å². The fourth-order valence-electron chi connectivity index (χ4n) is 1.52. The van der Waals surface area contributed by atoms with Crippen molar-refractivity contribution in [1.82, 2.24) is 0 Å². The Balaban J connectivity index is 0.00000256. The number of halogens is 3. The zero-order valence-corrected chi connectivity index (χ0v) is 10.4. The van der Waals surface area contributed by atoms with Crippen LogP contribution in [0.4, 0.5) is 8.78 Å². The summed E-state index contributed by atoms with van der Waals surface area (Å²) in [6, 6.07) is 1.58. The highest BCUT2D eigenvalue weighted by atomic mass is 35.5. The standard InChI is InChI=1S/C11H16F2N2O.ClH/c1-16-7-5-8(12)11(9(13)6-7)10(15)3-2-4-14;/h5-6,10H,2-4,14-15H2,1H3;1H/t10-;/m1./s1. The summed E-state index contributed by atoms with van der Waals surface area (Å²) in [6.07, 6.45) is 1.09. The van der Waals surface area contributed by atoms with Crippen molar-refractivity contribution < 1.29 is 13.5 Å². The van der Waals surface area contributed by atoms with Crippen molar-refractivity contribution in [3.63, 3.8) is 0 Å². The Morgan fingerprint density at radius 1 is 1.29 bits per heavy atom. The number of hydrogen-bond acceptors (Lipinski definition) is 3. The number of methoxy groups -OCH3 is 1. The maximum Gasteiger partial charge on any atom is 0.134 e. The topological polar surface area (TPSA) is 61.3 Å². The van der Waals surface area contributed by atoms with Gasteiger partial charge in [0.05, 0.1) is 7.11 Å². The molecule has 0 aliphatic heterocycles. The van der Waals surface area contributed by atoms with Crippen molar-refractivity contribution >= 4 is 12.4 Å². The van der Waals surface area contributed by atoms with E-state index in [9.17, 15) is 8.78 Å². The van der Waals surface area contributed by atoms with Gasteiger partial charge in [-0.05, 0) is 19.4 Å². The van der Waals surface area contributed by atoms with Crippen LogP contribution in [0.3, 0.4) is 0 Å². The molecule has 3 nitrogen and oxygen atoms in total. The first kappa shape index (κ1) is 16.1. The highest BCUT2D eigenvalue weighted by Crippen LogP contribution is 2.26. The monoisotopic (exact) mass is 266 g/mol. The van der Waals surface area contributed by atoms with E-state index in [-0.39, 0.29) is 23.7 Å². The second-order valence-corrected chi connectivity index (χ2v) is 3.54. The Hall–Kier alpha value is -0.910. The molecular formula is C11H17ClF2N2O. The third-order valence-electron chi connectivity index (χ3n) is 2.38. The number of benzene rings is 1. The minimum Gasteiger partial charge on any atom is -0.497 e. The smallest absolute Gasteiger partial charge is 0.134 e. The molecule has 0 aliphatic carbocycles. The van der Waals surface area contributed by atoms with Gasteiger partial charge in [-0.3, -0.25) is 0 Å². The SMILES string of the molecule is COc1cc(F)c([C@H](N)CCCN)c(F)c1.Cl. The molecule has 1 aromatic rings. The van der Waals surface area contributed by atoms with Gasteiger partial charge in [-0.15, -0.1) is 12.4 Å². The van der Waals surface area contributed by atoms with Gasteiger partial charge in [0, 0.05) is 23.7 Å². The van der Waals surface area contributed by atoms with Crippen LogP contribution in [0.15, 0.2) is 12.1 Å². The van der Waals surface area contributed by atoms with Crippen LogP contribution in [-0.4, -0.2) is 13.7 Å². The van der Waals surface area contributed by atoms with Crippen molar-refractivity contribution in [2.75, 3.05) is 13.7 Å². The minimum atomic E-state index is -0.679. The predicted octanol–water partition coefficient (Wildman–Crippen LogP) is 2.13. The summed E-state index contributed by atoms with van der Waals surface area (Å²) >= 11 is 0. The Morgan fingerprint density at radius 3 is 2.24 bits per heavy atom. The normalized spacial score (nSPS) is 11.8. The molecule has 0 saturated heterocycles. The van der Waals surface area contributed by atoms with E-state index < -0.39 is 17.7 Å². The lowest BCUT2D eigenvalue weighted by atomic mass is 10.0. The number of nitrogens with two attached hydrogens (primary N) is 2. The zero-order valence-electron chi connectivity index (χ0n) is 9.58. The van der Waals surface area contributed by atoms with Crippen LogP contribution in [0, 0.1) is 11.6 Å². The van der Waals surface area contributed by atoms with E-state index in [1.54, 1.807) is 0 Å². The highest BCUT2D eigenvalue weighted by Gasteiger charge is 2.17. The highest BCUT2D eigenvalue weighted by molar-refractivity contribution is 5.85. The molecule has 0 fully saturated rings. The van der Waals surface area contributed by atoms with Crippen LogP contribution in [0.1, 0.15) is 24.4 Å². The van der Waals surface area contributed by atoms with Crippen LogP contribution in [-0.2, 0) is 0 Å². The first-order valence-electron chi connectivity index (χ1n) is 5.08. The molecule has 0 unspecified atom stereocenters. The average molecular weight is 267 g/mol. The van der Waals surface area contributed by atoms with Crippen molar-refractivity contribution in [3.05, 3.63) is 29.3 Å². The average Bonchev–Trinajstić information content (AvgIpc) is 2.25. The van der Waals surface area contributed by atoms with Crippen LogP contribution >= 0.6 is 12.4 Å². The van der Waals surface area contributed by atoms with E-state index in [2.05, 4.69) is 0 Å². The Bertz CT molecular complexity index is 340. The molecule has 6 heteroatoms. The number of hydrogen-bond donors (Lipinski definition) is 2. The third kappa shape index (κ3) is 4.11. The molecule has 0 bridgehead atoms. The van der Waals surface area contributed by atoms with Crippen LogP contribution < -0.4 is 16.2 Å². The summed E-state index contributed by atoms with van der Waals surface area (Å²) in [5, 5.41) is 0. The van der Waals surface area contributed by atoms with E-state index in [1.165, 1.54) is 7.11 Å². The molecular weight excluding hydrogens is 250 g/mol. The molecule has 0 aliphatic rings. The van der Waals surface area contributed by atoms with Crippen molar-refractivity contribution in [2.24, 2.45) is 11.5 Å². The lowest BCUT2D eigenvalue weighted by Crippen LogP contribution is -2.16. The van der Waals surface area contributed by atoms with Gasteiger partial charge < -0.3 is 16.2 Å². The van der Waals surface area contributed by atoms with Crippen LogP contribution in [0.2, 0.25) is 0 Å². The first-order valence-corrected chi connectivity index (χ1v) is 5.08. The van der Waals surface area contributed by atoms with Gasteiger partial charge in [-0.25, -0.2) is 8.78 Å². The quantitative estimate of drug-likeness (QED) is 0.858. The Kier molecular flexibility index (Phi) is 7.03. The lowest BCUT2D eigenvalue weighted by Gasteiger charge is -2.14. The molecule has 0 aromatic heterocycles. The molecule has 0 heterocycles. The predicted molar refractivity (Wildman–Crippen MR) is 65.4 cm³/mol. The van der Waals surface area contributed by atoms with Crippen LogP contribution in [0.5, 0.6) is 5.75 Å². The second-order valence-electron chi connectivity index (χ2n) is 3.54. The molecule has 0 radical (unpaired) electrons. The second kappa shape index (κ2) is 7.42. The van der Waals surface area contributed by atoms with Gasteiger partial charge in [0.2, 0.25) is 0 Å². The fraction of sp³-hybridized carbons (Fsp3) is 0.455. The maximum absolute atomic E-state index is 13.5. The van der Waals surface area contributed by atoms with Gasteiger partial charge in [0.15, 0.2) is 0 Å². The summed E-state index contributed by atoms with van der Waals surface area (Å²) in [6.45, 7) is 0.451. The summed E-state index contributed by atoms with van der Waals surface area (Å²) < 4.78 is 31.8. The van der Waals surface area contributed by atoms with E-state index in [0.29, 0.717) is 19.4 Å². The number of rotatable bonds is 5. The maximum atomic E-state index is 13.5. The van der Waals surface area contributed by atoms with Crippen LogP contribution in [0.25, 0.3) is 0 Å². The Morgan fingerprint density at radius 2 is 1.82 bits per heavy atom. The van der Waals surface area contributed by atoms with Crippen molar-refractivity contribution in [3.8, 4) is 5.75 Å². The van der Waals surface area contributed by atoms with Gasteiger partial charge in [0.25, 0.3) is 0 Å². The molecule has 0 spiro atoms. The largest absolute Gasteiger partial charge is 0.497 e. The molecule has 98 valence electrons. The van der Waals surface area contributed by atoms with Crippen molar-refractivity contribution in [1.29, 1.82) is 0 Å². The minimum absolute atomic E-state index is 0. The number of ether oxygens (including phenoxy) is 1. The van der Waals surface area contributed by atoms with Gasteiger partial charge in [-0.1, -0.05) is 0 Å². The van der Waals surface area contributed by atoms with Gasteiger partial charge >= 0.3 is 0 Å². The van der Waals surface area contributed by atoms with E-state index >= 15 is 0 Å². The van der Waals surface area contributed by atoms with E-state index in [1.807, 2.05) is 0 Å². The summed E-state index contributed by atoms with van der Waals surface area (Å²) in [5.74, 6) is -1.22. The van der Waals surface area contributed by atoms with E-state index in [4.69, 9.17) is 16.2 Å².